The highest BCUT2D eigenvalue weighted by molar-refractivity contribution is 6.02. The standard InChI is InChI=1S/C19H25FN2O3/c1-12(16-8-7-15(25-2)11-17(16)20)21-13-3-5-14(6-4-13)22-18(23)9-10-19(22)24/h7-8,11-14,21H,3-6,9-10H2,1-2H3/t12-,13?,14?/m0/s1. The molecule has 6 heteroatoms. The summed E-state index contributed by atoms with van der Waals surface area (Å²) in [6.07, 6.45) is 4.09. The highest BCUT2D eigenvalue weighted by Crippen LogP contribution is 2.29. The first-order valence-corrected chi connectivity index (χ1v) is 8.94. The number of likely N-dealkylation sites (tertiary alicyclic amines) is 1. The SMILES string of the molecule is COc1ccc([C@H](C)NC2CCC(N3C(=O)CCC3=O)CC2)c(F)c1. The molecule has 3 rings (SSSR count). The van der Waals surface area contributed by atoms with Crippen LogP contribution >= 0.6 is 0 Å². The molecule has 1 atom stereocenters. The summed E-state index contributed by atoms with van der Waals surface area (Å²) in [6, 6.07) is 5.10. The molecule has 1 aromatic carbocycles. The van der Waals surface area contributed by atoms with Crippen molar-refractivity contribution in [1.29, 1.82) is 0 Å². The van der Waals surface area contributed by atoms with E-state index < -0.39 is 0 Å². The van der Waals surface area contributed by atoms with Crippen LogP contribution in [-0.2, 0) is 9.59 Å². The van der Waals surface area contributed by atoms with Crippen LogP contribution in [0, 0.1) is 5.82 Å². The molecule has 0 bridgehead atoms. The predicted octanol–water partition coefficient (Wildman–Crippen LogP) is 2.95. The Bertz CT molecular complexity index is 640. The van der Waals surface area contributed by atoms with Crippen LogP contribution in [0.5, 0.6) is 5.75 Å². The number of benzene rings is 1. The number of carbonyl (C=O) groups excluding carboxylic acids is 2. The van der Waals surface area contributed by atoms with E-state index in [1.807, 2.05) is 6.92 Å². The molecule has 0 spiro atoms. The summed E-state index contributed by atoms with van der Waals surface area (Å²) in [7, 11) is 1.52. The predicted molar refractivity (Wildman–Crippen MR) is 91.6 cm³/mol. The molecule has 5 nitrogen and oxygen atoms in total. The third-order valence-corrected chi connectivity index (χ3v) is 5.31. The van der Waals surface area contributed by atoms with Gasteiger partial charge in [0.2, 0.25) is 11.8 Å². The van der Waals surface area contributed by atoms with Gasteiger partial charge in [-0.15, -0.1) is 0 Å². The molecule has 1 saturated carbocycles. The molecular weight excluding hydrogens is 323 g/mol. The van der Waals surface area contributed by atoms with E-state index in [4.69, 9.17) is 4.74 Å². The molecular formula is C19H25FN2O3. The maximum atomic E-state index is 14.2. The van der Waals surface area contributed by atoms with Crippen LogP contribution in [0.25, 0.3) is 0 Å². The third kappa shape index (κ3) is 3.84. The second-order valence-corrected chi connectivity index (χ2v) is 6.94. The van der Waals surface area contributed by atoms with Gasteiger partial charge in [-0.25, -0.2) is 4.39 Å². The maximum Gasteiger partial charge on any atom is 0.229 e. The summed E-state index contributed by atoms with van der Waals surface area (Å²) < 4.78 is 19.2. The number of methoxy groups -OCH3 is 1. The number of halogens is 1. The van der Waals surface area contributed by atoms with Gasteiger partial charge in [0.1, 0.15) is 11.6 Å². The second kappa shape index (κ2) is 7.52. The van der Waals surface area contributed by atoms with Gasteiger partial charge in [-0.05, 0) is 38.7 Å². The molecule has 1 heterocycles. The lowest BCUT2D eigenvalue weighted by Gasteiger charge is -2.35. The average molecular weight is 348 g/mol. The zero-order chi connectivity index (χ0) is 18.0. The van der Waals surface area contributed by atoms with Crippen LogP contribution in [-0.4, -0.2) is 35.9 Å². The summed E-state index contributed by atoms with van der Waals surface area (Å²) in [5.74, 6) is 0.167. The normalized spacial score (nSPS) is 25.3. The third-order valence-electron chi connectivity index (χ3n) is 5.31. The molecule has 25 heavy (non-hydrogen) atoms. The number of hydrogen-bond donors (Lipinski definition) is 1. The van der Waals surface area contributed by atoms with E-state index in [9.17, 15) is 14.0 Å². The van der Waals surface area contributed by atoms with Crippen LogP contribution in [0.2, 0.25) is 0 Å². The maximum absolute atomic E-state index is 14.2. The van der Waals surface area contributed by atoms with Crippen molar-refractivity contribution < 1.29 is 18.7 Å². The molecule has 2 aliphatic rings. The Labute approximate surface area is 147 Å². The second-order valence-electron chi connectivity index (χ2n) is 6.94. The van der Waals surface area contributed by atoms with Gasteiger partial charge in [0, 0.05) is 42.6 Å². The van der Waals surface area contributed by atoms with Gasteiger partial charge in [-0.1, -0.05) is 6.07 Å². The largest absolute Gasteiger partial charge is 0.497 e. The van der Waals surface area contributed by atoms with E-state index in [1.165, 1.54) is 18.1 Å². The fourth-order valence-electron chi connectivity index (χ4n) is 3.93. The number of hydrogen-bond acceptors (Lipinski definition) is 4. The number of nitrogens with zero attached hydrogens (tertiary/aromatic N) is 1. The number of imide groups is 1. The smallest absolute Gasteiger partial charge is 0.229 e. The van der Waals surface area contributed by atoms with Gasteiger partial charge in [-0.3, -0.25) is 14.5 Å². The molecule has 1 aliphatic carbocycles. The monoisotopic (exact) mass is 348 g/mol. The zero-order valence-corrected chi connectivity index (χ0v) is 14.8. The molecule has 2 fully saturated rings. The van der Waals surface area contributed by atoms with Crippen LogP contribution < -0.4 is 10.1 Å². The van der Waals surface area contributed by atoms with Crippen LogP contribution in [0.4, 0.5) is 4.39 Å². The van der Waals surface area contributed by atoms with Crippen molar-refractivity contribution in [3.8, 4) is 5.75 Å². The summed E-state index contributed by atoms with van der Waals surface area (Å²) in [6.45, 7) is 1.95. The van der Waals surface area contributed by atoms with Crippen LogP contribution in [0.3, 0.4) is 0 Å². The van der Waals surface area contributed by atoms with Crippen molar-refractivity contribution in [2.75, 3.05) is 7.11 Å². The molecule has 0 radical (unpaired) electrons. The van der Waals surface area contributed by atoms with E-state index >= 15 is 0 Å². The Morgan fingerprint density at radius 2 is 1.80 bits per heavy atom. The van der Waals surface area contributed by atoms with E-state index in [2.05, 4.69) is 5.32 Å². The quantitative estimate of drug-likeness (QED) is 0.831. The van der Waals surface area contributed by atoms with Gasteiger partial charge in [0.25, 0.3) is 0 Å². The van der Waals surface area contributed by atoms with Crippen molar-refractivity contribution >= 4 is 11.8 Å². The number of amides is 2. The zero-order valence-electron chi connectivity index (χ0n) is 14.8. The molecule has 0 unspecified atom stereocenters. The molecule has 1 N–H and O–H groups in total. The van der Waals surface area contributed by atoms with Crippen molar-refractivity contribution in [2.45, 2.75) is 63.6 Å². The summed E-state index contributed by atoms with van der Waals surface area (Å²) in [5.41, 5.74) is 0.618. The van der Waals surface area contributed by atoms with Gasteiger partial charge >= 0.3 is 0 Å². The van der Waals surface area contributed by atoms with Crippen molar-refractivity contribution in [3.63, 3.8) is 0 Å². The lowest BCUT2D eigenvalue weighted by molar-refractivity contribution is -0.141. The molecule has 1 aliphatic heterocycles. The Morgan fingerprint density at radius 3 is 2.36 bits per heavy atom. The minimum atomic E-state index is -0.277. The molecule has 2 amide bonds. The summed E-state index contributed by atoms with van der Waals surface area (Å²) in [5, 5.41) is 3.48. The van der Waals surface area contributed by atoms with Gasteiger partial charge in [0.15, 0.2) is 0 Å². The topological polar surface area (TPSA) is 58.6 Å². The fraction of sp³-hybridized carbons (Fsp3) is 0.579. The number of carbonyl (C=O) groups is 2. The first kappa shape index (κ1) is 17.9. The minimum absolute atomic E-state index is 0.0323. The Morgan fingerprint density at radius 1 is 1.16 bits per heavy atom. The van der Waals surface area contributed by atoms with Crippen molar-refractivity contribution in [1.82, 2.24) is 10.2 Å². The number of rotatable bonds is 5. The van der Waals surface area contributed by atoms with E-state index in [0.717, 1.165) is 25.7 Å². The van der Waals surface area contributed by atoms with E-state index in [-0.39, 0.29) is 35.8 Å². The van der Waals surface area contributed by atoms with Gasteiger partial charge in [0.05, 0.1) is 7.11 Å². The minimum Gasteiger partial charge on any atom is -0.497 e. The molecule has 1 aromatic rings. The fourth-order valence-corrected chi connectivity index (χ4v) is 3.93. The Balaban J connectivity index is 1.55. The summed E-state index contributed by atoms with van der Waals surface area (Å²) in [4.78, 5) is 25.2. The van der Waals surface area contributed by atoms with Crippen molar-refractivity contribution in [2.24, 2.45) is 0 Å². The van der Waals surface area contributed by atoms with Crippen LogP contribution in [0.1, 0.15) is 57.1 Å². The first-order valence-electron chi connectivity index (χ1n) is 8.94. The van der Waals surface area contributed by atoms with Crippen molar-refractivity contribution in [3.05, 3.63) is 29.6 Å². The molecule has 0 aromatic heterocycles. The van der Waals surface area contributed by atoms with E-state index in [1.54, 1.807) is 12.1 Å². The molecule has 136 valence electrons. The highest BCUT2D eigenvalue weighted by atomic mass is 19.1. The number of ether oxygens (including phenoxy) is 1. The number of nitrogens with one attached hydrogen (secondary N) is 1. The van der Waals surface area contributed by atoms with Gasteiger partial charge in [-0.2, -0.15) is 0 Å². The highest BCUT2D eigenvalue weighted by Gasteiger charge is 2.37. The van der Waals surface area contributed by atoms with Crippen LogP contribution in [0.15, 0.2) is 18.2 Å². The van der Waals surface area contributed by atoms with Gasteiger partial charge < -0.3 is 10.1 Å². The lowest BCUT2D eigenvalue weighted by Crippen LogP contribution is -2.45. The average Bonchev–Trinajstić information content (AvgIpc) is 2.94. The molecule has 1 saturated heterocycles. The Kier molecular flexibility index (Phi) is 5.37. The first-order chi connectivity index (χ1) is 12.0. The Hall–Kier alpha value is -1.95. The summed E-state index contributed by atoms with van der Waals surface area (Å²) >= 11 is 0. The van der Waals surface area contributed by atoms with E-state index in [0.29, 0.717) is 24.2 Å². The lowest BCUT2D eigenvalue weighted by atomic mass is 9.89.